The Morgan fingerprint density at radius 1 is 1.04 bits per heavy atom. The molecule has 0 saturated carbocycles. The van der Waals surface area contributed by atoms with Crippen molar-refractivity contribution in [1.82, 2.24) is 15.5 Å². The standard InChI is InChI=1S/C38H44ClN3O4/c1-4-26-11-7-12-27(23-26)35-33(16-8-17-34(35)39)38(45,20-10-21-41-37(44)46-3)29-13-9-22-42(25-29)36(43)32-19-18-28(24-40-2)30-14-5-6-15-31(30)32/h5-8,11-12,14-19,23,29,40,45H,4,9-10,13,20-22,24-25H2,1-3H3,(H,41,44)/t29-,38?/m1/s1. The van der Waals surface area contributed by atoms with E-state index in [1.54, 1.807) is 0 Å². The molecular weight excluding hydrogens is 598 g/mol. The Kier molecular flexibility index (Phi) is 11.0. The zero-order chi connectivity index (χ0) is 32.7. The van der Waals surface area contributed by atoms with Gasteiger partial charge in [-0.05, 0) is 84.3 Å². The average molecular weight is 642 g/mol. The molecule has 1 aliphatic heterocycles. The van der Waals surface area contributed by atoms with E-state index in [4.69, 9.17) is 16.3 Å². The number of aliphatic hydroxyl groups is 1. The second kappa shape index (κ2) is 15.1. The van der Waals surface area contributed by atoms with Crippen LogP contribution in [0.4, 0.5) is 4.79 Å². The van der Waals surface area contributed by atoms with Crippen molar-refractivity contribution in [1.29, 1.82) is 0 Å². The van der Waals surface area contributed by atoms with Gasteiger partial charge in [-0.15, -0.1) is 0 Å². The first-order valence-electron chi connectivity index (χ1n) is 16.2. The molecule has 242 valence electrons. The lowest BCUT2D eigenvalue weighted by atomic mass is 9.72. The van der Waals surface area contributed by atoms with E-state index in [1.807, 2.05) is 72.6 Å². The van der Waals surface area contributed by atoms with Gasteiger partial charge in [-0.2, -0.15) is 0 Å². The van der Waals surface area contributed by atoms with Gasteiger partial charge in [0, 0.05) is 48.2 Å². The topological polar surface area (TPSA) is 90.9 Å². The molecule has 4 aromatic carbocycles. The number of methoxy groups -OCH3 is 1. The molecule has 1 saturated heterocycles. The van der Waals surface area contributed by atoms with Gasteiger partial charge < -0.3 is 25.4 Å². The lowest BCUT2D eigenvalue weighted by molar-refractivity contribution is -0.0563. The number of carbonyl (C=O) groups is 2. The fraction of sp³-hybridized carbons (Fsp3) is 0.368. The number of fused-ring (bicyclic) bond motifs is 1. The summed E-state index contributed by atoms with van der Waals surface area (Å²) in [7, 11) is 3.25. The Balaban J connectivity index is 1.52. The summed E-state index contributed by atoms with van der Waals surface area (Å²) < 4.78 is 4.75. The number of rotatable bonds is 11. The van der Waals surface area contributed by atoms with E-state index < -0.39 is 11.7 Å². The van der Waals surface area contributed by atoms with Crippen LogP contribution in [0.3, 0.4) is 0 Å². The quantitative estimate of drug-likeness (QED) is 0.149. The number of amides is 2. The molecule has 1 unspecified atom stereocenters. The van der Waals surface area contributed by atoms with Crippen LogP contribution >= 0.6 is 11.6 Å². The largest absolute Gasteiger partial charge is 0.453 e. The number of alkyl carbamates (subject to hydrolysis) is 1. The second-order valence-electron chi connectivity index (χ2n) is 12.1. The van der Waals surface area contributed by atoms with Crippen LogP contribution in [0.15, 0.2) is 78.9 Å². The highest BCUT2D eigenvalue weighted by molar-refractivity contribution is 6.33. The fourth-order valence-corrected chi connectivity index (χ4v) is 7.20. The normalized spacial score (nSPS) is 16.2. The van der Waals surface area contributed by atoms with Crippen molar-refractivity contribution < 1.29 is 19.4 Å². The number of likely N-dealkylation sites (tertiary alicyclic amines) is 1. The minimum atomic E-state index is -1.32. The number of halogens is 1. The fourth-order valence-electron chi connectivity index (χ4n) is 6.92. The van der Waals surface area contributed by atoms with Crippen LogP contribution < -0.4 is 10.6 Å². The average Bonchev–Trinajstić information content (AvgIpc) is 3.09. The number of hydrogen-bond acceptors (Lipinski definition) is 5. The number of hydrogen-bond donors (Lipinski definition) is 3. The van der Waals surface area contributed by atoms with E-state index in [2.05, 4.69) is 35.8 Å². The molecule has 1 fully saturated rings. The SMILES string of the molecule is CCc1cccc(-c2c(Cl)cccc2C(O)(CCCNC(=O)OC)[C@@H]2CCCN(C(=O)c3ccc(CNC)c4ccccc34)C2)c1. The maximum absolute atomic E-state index is 14.2. The van der Waals surface area contributed by atoms with Gasteiger partial charge in [0.1, 0.15) is 0 Å². The maximum Gasteiger partial charge on any atom is 0.406 e. The van der Waals surface area contributed by atoms with Gasteiger partial charge in [0.05, 0.1) is 12.7 Å². The monoisotopic (exact) mass is 641 g/mol. The summed E-state index contributed by atoms with van der Waals surface area (Å²) in [5.41, 5.74) is 4.16. The van der Waals surface area contributed by atoms with Crippen molar-refractivity contribution >= 4 is 34.4 Å². The van der Waals surface area contributed by atoms with Crippen molar-refractivity contribution in [3.8, 4) is 11.1 Å². The van der Waals surface area contributed by atoms with E-state index in [-0.39, 0.29) is 11.8 Å². The maximum atomic E-state index is 14.2. The highest BCUT2D eigenvalue weighted by Crippen LogP contribution is 2.46. The molecule has 0 radical (unpaired) electrons. The first-order chi connectivity index (χ1) is 22.3. The number of nitrogens with zero attached hydrogens (tertiary/aromatic N) is 1. The highest BCUT2D eigenvalue weighted by Gasteiger charge is 2.43. The zero-order valence-corrected chi connectivity index (χ0v) is 27.7. The number of carbonyl (C=O) groups excluding carboxylic acids is 2. The number of aryl methyl sites for hydroxylation is 1. The molecule has 8 heteroatoms. The number of nitrogens with one attached hydrogen (secondary N) is 2. The summed E-state index contributed by atoms with van der Waals surface area (Å²) in [6.07, 6.45) is 2.75. The van der Waals surface area contributed by atoms with Crippen LogP contribution in [0, 0.1) is 5.92 Å². The third-order valence-corrected chi connectivity index (χ3v) is 9.60. The van der Waals surface area contributed by atoms with Crippen molar-refractivity contribution in [2.75, 3.05) is 33.8 Å². The summed E-state index contributed by atoms with van der Waals surface area (Å²) in [6.45, 7) is 4.18. The molecule has 3 N–H and O–H groups in total. The van der Waals surface area contributed by atoms with E-state index in [1.165, 1.54) is 12.7 Å². The summed E-state index contributed by atoms with van der Waals surface area (Å²) in [5, 5.41) is 21.4. The smallest absolute Gasteiger partial charge is 0.406 e. The lowest BCUT2D eigenvalue weighted by Gasteiger charge is -2.44. The second-order valence-corrected chi connectivity index (χ2v) is 12.5. The van der Waals surface area contributed by atoms with Gasteiger partial charge in [0.15, 0.2) is 0 Å². The minimum Gasteiger partial charge on any atom is -0.453 e. The van der Waals surface area contributed by atoms with E-state index in [0.29, 0.717) is 49.6 Å². The molecule has 0 spiro atoms. The van der Waals surface area contributed by atoms with Gasteiger partial charge in [0.25, 0.3) is 5.91 Å². The Labute approximate surface area is 276 Å². The summed E-state index contributed by atoms with van der Waals surface area (Å²) in [5.74, 6) is -0.293. The molecular formula is C38H44ClN3O4. The minimum absolute atomic E-state index is 0.0337. The molecule has 2 atom stereocenters. The van der Waals surface area contributed by atoms with Crippen LogP contribution in [0.1, 0.15) is 59.7 Å². The van der Waals surface area contributed by atoms with Crippen LogP contribution in [0.2, 0.25) is 5.02 Å². The van der Waals surface area contributed by atoms with Gasteiger partial charge in [-0.3, -0.25) is 4.79 Å². The summed E-state index contributed by atoms with van der Waals surface area (Å²) in [6, 6.07) is 26.0. The Morgan fingerprint density at radius 3 is 2.59 bits per heavy atom. The third kappa shape index (κ3) is 7.07. The summed E-state index contributed by atoms with van der Waals surface area (Å²) >= 11 is 6.92. The van der Waals surface area contributed by atoms with Crippen LogP contribution in [0.5, 0.6) is 0 Å². The van der Waals surface area contributed by atoms with Crippen molar-refractivity contribution in [2.24, 2.45) is 5.92 Å². The van der Waals surface area contributed by atoms with Crippen molar-refractivity contribution in [2.45, 2.75) is 51.2 Å². The third-order valence-electron chi connectivity index (χ3n) is 9.29. The molecule has 0 bridgehead atoms. The van der Waals surface area contributed by atoms with Gasteiger partial charge >= 0.3 is 6.09 Å². The van der Waals surface area contributed by atoms with Crippen LogP contribution in [0.25, 0.3) is 21.9 Å². The molecule has 0 aliphatic carbocycles. The molecule has 5 rings (SSSR count). The Bertz CT molecular complexity index is 1690. The van der Waals surface area contributed by atoms with E-state index >= 15 is 0 Å². The molecule has 46 heavy (non-hydrogen) atoms. The first kappa shape index (κ1) is 33.5. The predicted octanol–water partition coefficient (Wildman–Crippen LogP) is 7.32. The number of piperidine rings is 1. The molecule has 1 aliphatic rings. The highest BCUT2D eigenvalue weighted by atomic mass is 35.5. The Morgan fingerprint density at radius 2 is 1.83 bits per heavy atom. The molecule has 2 amide bonds. The number of benzene rings is 4. The lowest BCUT2D eigenvalue weighted by Crippen LogP contribution is -2.48. The van der Waals surface area contributed by atoms with Gasteiger partial charge in [-0.25, -0.2) is 4.79 Å². The van der Waals surface area contributed by atoms with E-state index in [0.717, 1.165) is 52.3 Å². The van der Waals surface area contributed by atoms with Gasteiger partial charge in [0.2, 0.25) is 0 Å². The van der Waals surface area contributed by atoms with Crippen molar-refractivity contribution in [3.05, 3.63) is 106 Å². The predicted molar refractivity (Wildman–Crippen MR) is 185 cm³/mol. The van der Waals surface area contributed by atoms with Gasteiger partial charge in [-0.1, -0.05) is 85.3 Å². The van der Waals surface area contributed by atoms with Crippen molar-refractivity contribution in [3.63, 3.8) is 0 Å². The molecule has 0 aromatic heterocycles. The molecule has 1 heterocycles. The van der Waals surface area contributed by atoms with Crippen LogP contribution in [-0.2, 0) is 23.3 Å². The number of ether oxygens (including phenoxy) is 1. The molecule has 4 aromatic rings. The zero-order valence-electron chi connectivity index (χ0n) is 26.9. The van der Waals surface area contributed by atoms with E-state index in [9.17, 15) is 14.7 Å². The van der Waals surface area contributed by atoms with Crippen LogP contribution in [-0.4, -0.2) is 55.8 Å². The Hall–Kier alpha value is -3.91. The first-order valence-corrected chi connectivity index (χ1v) is 16.6. The summed E-state index contributed by atoms with van der Waals surface area (Å²) in [4.78, 5) is 27.9. The molecule has 7 nitrogen and oxygen atoms in total.